The van der Waals surface area contributed by atoms with Gasteiger partial charge in [-0.15, -0.1) is 0 Å². The summed E-state index contributed by atoms with van der Waals surface area (Å²) in [5.41, 5.74) is 0. The fraction of sp³-hybridized carbons (Fsp3) is 0.857. The lowest BCUT2D eigenvalue weighted by Gasteiger charge is -2.28. The monoisotopic (exact) mass is 158 g/mol. The Kier molecular flexibility index (Phi) is 2.84. The van der Waals surface area contributed by atoms with Crippen LogP contribution < -0.4 is 10.6 Å². The molecule has 1 rings (SSSR count). The molecule has 1 saturated heterocycles. The van der Waals surface area contributed by atoms with Crippen LogP contribution in [0.1, 0.15) is 6.92 Å². The third kappa shape index (κ3) is 1.91. The molecule has 0 aliphatic carbocycles. The van der Waals surface area contributed by atoms with Crippen LogP contribution in [0.3, 0.4) is 0 Å². The smallest absolute Gasteiger partial charge is 0.239 e. The fourth-order valence-corrected chi connectivity index (χ4v) is 1.18. The van der Waals surface area contributed by atoms with Crippen molar-refractivity contribution in [3.05, 3.63) is 0 Å². The highest BCUT2D eigenvalue weighted by Crippen LogP contribution is 2.02. The maximum atomic E-state index is 11.1. The first-order chi connectivity index (χ1) is 5.25. The summed E-state index contributed by atoms with van der Waals surface area (Å²) in [6.07, 6.45) is -0.0244. The molecule has 1 fully saturated rings. The van der Waals surface area contributed by atoms with Crippen molar-refractivity contribution in [2.75, 3.05) is 20.2 Å². The SMILES string of the molecule is CNC(=O)C1NCCOC1C. The van der Waals surface area contributed by atoms with E-state index in [1.807, 2.05) is 6.92 Å². The predicted octanol–water partition coefficient (Wildman–Crippen LogP) is -0.891. The summed E-state index contributed by atoms with van der Waals surface area (Å²) in [5, 5.41) is 5.67. The van der Waals surface area contributed by atoms with Gasteiger partial charge in [0.2, 0.25) is 5.91 Å². The van der Waals surface area contributed by atoms with Crippen molar-refractivity contribution in [2.45, 2.75) is 19.1 Å². The van der Waals surface area contributed by atoms with Crippen LogP contribution in [-0.2, 0) is 9.53 Å². The number of morpholine rings is 1. The molecule has 0 spiro atoms. The normalized spacial score (nSPS) is 31.5. The molecule has 2 unspecified atom stereocenters. The van der Waals surface area contributed by atoms with Crippen molar-refractivity contribution in [1.29, 1.82) is 0 Å². The van der Waals surface area contributed by atoms with E-state index in [9.17, 15) is 4.79 Å². The minimum absolute atomic E-state index is 0.00259. The second-order valence-electron chi connectivity index (χ2n) is 2.62. The first-order valence-electron chi connectivity index (χ1n) is 3.82. The number of carbonyl (C=O) groups is 1. The first kappa shape index (κ1) is 8.49. The zero-order valence-corrected chi connectivity index (χ0v) is 6.89. The van der Waals surface area contributed by atoms with Crippen LogP contribution in [0.4, 0.5) is 0 Å². The zero-order valence-electron chi connectivity index (χ0n) is 6.89. The van der Waals surface area contributed by atoms with Crippen LogP contribution in [0.25, 0.3) is 0 Å². The molecule has 4 heteroatoms. The highest BCUT2D eigenvalue weighted by atomic mass is 16.5. The van der Waals surface area contributed by atoms with Crippen molar-refractivity contribution in [2.24, 2.45) is 0 Å². The van der Waals surface area contributed by atoms with E-state index in [-0.39, 0.29) is 18.1 Å². The topological polar surface area (TPSA) is 50.4 Å². The average Bonchev–Trinajstić information content (AvgIpc) is 2.04. The molecule has 0 radical (unpaired) electrons. The van der Waals surface area contributed by atoms with Gasteiger partial charge in [0, 0.05) is 13.6 Å². The molecule has 0 aromatic heterocycles. The fourth-order valence-electron chi connectivity index (χ4n) is 1.18. The average molecular weight is 158 g/mol. The molecule has 64 valence electrons. The number of hydrogen-bond donors (Lipinski definition) is 2. The summed E-state index contributed by atoms with van der Waals surface area (Å²) in [5.74, 6) is -0.00259. The number of nitrogens with one attached hydrogen (secondary N) is 2. The molecular weight excluding hydrogens is 144 g/mol. The predicted molar refractivity (Wildman–Crippen MR) is 41.3 cm³/mol. The van der Waals surface area contributed by atoms with E-state index in [2.05, 4.69) is 10.6 Å². The largest absolute Gasteiger partial charge is 0.375 e. The summed E-state index contributed by atoms with van der Waals surface area (Å²) in [6.45, 7) is 3.34. The molecule has 11 heavy (non-hydrogen) atoms. The lowest BCUT2D eigenvalue weighted by Crippen LogP contribution is -2.54. The van der Waals surface area contributed by atoms with Crippen molar-refractivity contribution in [3.8, 4) is 0 Å². The Balaban J connectivity index is 2.47. The van der Waals surface area contributed by atoms with E-state index in [1.165, 1.54) is 0 Å². The van der Waals surface area contributed by atoms with Gasteiger partial charge in [0.05, 0.1) is 12.7 Å². The van der Waals surface area contributed by atoms with Gasteiger partial charge in [0.15, 0.2) is 0 Å². The van der Waals surface area contributed by atoms with Crippen LogP contribution in [-0.4, -0.2) is 38.3 Å². The van der Waals surface area contributed by atoms with E-state index in [0.717, 1.165) is 6.54 Å². The number of hydrogen-bond acceptors (Lipinski definition) is 3. The molecule has 0 saturated carbocycles. The molecule has 1 heterocycles. The van der Waals surface area contributed by atoms with Gasteiger partial charge in [-0.1, -0.05) is 0 Å². The number of rotatable bonds is 1. The van der Waals surface area contributed by atoms with Gasteiger partial charge in [-0.3, -0.25) is 4.79 Å². The molecule has 0 aromatic rings. The Hall–Kier alpha value is -0.610. The van der Waals surface area contributed by atoms with Crippen molar-refractivity contribution in [1.82, 2.24) is 10.6 Å². The van der Waals surface area contributed by atoms with Crippen molar-refractivity contribution >= 4 is 5.91 Å². The second kappa shape index (κ2) is 3.69. The molecule has 0 bridgehead atoms. The Morgan fingerprint density at radius 1 is 1.73 bits per heavy atom. The first-order valence-corrected chi connectivity index (χ1v) is 3.82. The molecule has 2 atom stereocenters. The lowest BCUT2D eigenvalue weighted by atomic mass is 10.1. The minimum atomic E-state index is -0.186. The second-order valence-corrected chi connectivity index (χ2v) is 2.62. The number of ether oxygens (including phenoxy) is 1. The molecule has 1 aliphatic rings. The van der Waals surface area contributed by atoms with E-state index in [0.29, 0.717) is 6.61 Å². The maximum absolute atomic E-state index is 11.1. The van der Waals surface area contributed by atoms with E-state index >= 15 is 0 Å². The summed E-state index contributed by atoms with van der Waals surface area (Å²) in [4.78, 5) is 11.1. The molecule has 2 N–H and O–H groups in total. The summed E-state index contributed by atoms with van der Waals surface area (Å²) in [7, 11) is 1.63. The third-order valence-electron chi connectivity index (χ3n) is 1.85. The summed E-state index contributed by atoms with van der Waals surface area (Å²) >= 11 is 0. The quantitative estimate of drug-likeness (QED) is 0.520. The number of carbonyl (C=O) groups excluding carboxylic acids is 1. The Morgan fingerprint density at radius 2 is 2.45 bits per heavy atom. The van der Waals surface area contributed by atoms with E-state index in [1.54, 1.807) is 7.05 Å². The van der Waals surface area contributed by atoms with Crippen LogP contribution in [0, 0.1) is 0 Å². The van der Waals surface area contributed by atoms with Gasteiger partial charge in [0.25, 0.3) is 0 Å². The standard InChI is InChI=1S/C7H14N2O2/c1-5-6(7(10)8-2)9-3-4-11-5/h5-6,9H,3-4H2,1-2H3,(H,8,10). The summed E-state index contributed by atoms with van der Waals surface area (Å²) < 4.78 is 5.29. The Labute approximate surface area is 66.3 Å². The maximum Gasteiger partial charge on any atom is 0.239 e. The van der Waals surface area contributed by atoms with E-state index in [4.69, 9.17) is 4.74 Å². The highest BCUT2D eigenvalue weighted by molar-refractivity contribution is 5.82. The number of likely N-dealkylation sites (N-methyl/N-ethyl adjacent to an activating group) is 1. The van der Waals surface area contributed by atoms with Gasteiger partial charge in [-0.2, -0.15) is 0 Å². The van der Waals surface area contributed by atoms with Crippen LogP contribution in [0.15, 0.2) is 0 Å². The molecule has 4 nitrogen and oxygen atoms in total. The zero-order chi connectivity index (χ0) is 8.27. The Morgan fingerprint density at radius 3 is 3.00 bits per heavy atom. The van der Waals surface area contributed by atoms with Crippen molar-refractivity contribution < 1.29 is 9.53 Å². The molecule has 1 amide bonds. The van der Waals surface area contributed by atoms with Gasteiger partial charge >= 0.3 is 0 Å². The van der Waals surface area contributed by atoms with Crippen LogP contribution >= 0.6 is 0 Å². The van der Waals surface area contributed by atoms with Crippen LogP contribution in [0.5, 0.6) is 0 Å². The van der Waals surface area contributed by atoms with Gasteiger partial charge < -0.3 is 15.4 Å². The summed E-state index contributed by atoms with van der Waals surface area (Å²) in [6, 6.07) is -0.186. The molecule has 0 aromatic carbocycles. The number of amides is 1. The molecular formula is C7H14N2O2. The van der Waals surface area contributed by atoms with Crippen LogP contribution in [0.2, 0.25) is 0 Å². The van der Waals surface area contributed by atoms with E-state index < -0.39 is 0 Å². The van der Waals surface area contributed by atoms with Crippen molar-refractivity contribution in [3.63, 3.8) is 0 Å². The highest BCUT2D eigenvalue weighted by Gasteiger charge is 2.26. The van der Waals surface area contributed by atoms with Gasteiger partial charge in [-0.25, -0.2) is 0 Å². The minimum Gasteiger partial charge on any atom is -0.375 e. The van der Waals surface area contributed by atoms with Gasteiger partial charge in [-0.05, 0) is 6.92 Å². The lowest BCUT2D eigenvalue weighted by molar-refractivity contribution is -0.128. The van der Waals surface area contributed by atoms with Gasteiger partial charge in [0.1, 0.15) is 6.04 Å². The molecule has 1 aliphatic heterocycles. The Bertz CT molecular complexity index is 149. The third-order valence-corrected chi connectivity index (χ3v) is 1.85.